The van der Waals surface area contributed by atoms with E-state index in [0.717, 1.165) is 5.56 Å². The number of esters is 1. The molecule has 6 atom stereocenters. The number of aromatic hydroxyl groups is 2. The Morgan fingerprint density at radius 3 is 2.30 bits per heavy atom. The van der Waals surface area contributed by atoms with Gasteiger partial charge in [-0.1, -0.05) is 12.1 Å². The summed E-state index contributed by atoms with van der Waals surface area (Å²) in [4.78, 5) is 12.1. The maximum Gasteiger partial charge on any atom is 0.331 e. The van der Waals surface area contributed by atoms with Crippen LogP contribution in [0.3, 0.4) is 0 Å². The topological polar surface area (TPSA) is 166 Å². The van der Waals surface area contributed by atoms with Gasteiger partial charge in [-0.2, -0.15) is 0 Å². The van der Waals surface area contributed by atoms with Crippen molar-refractivity contribution >= 4 is 11.5 Å². The minimum Gasteiger partial charge on any atom is -0.508 e. The predicted octanol–water partition coefficient (Wildman–Crippen LogP) is -0.172. The van der Waals surface area contributed by atoms with Crippen molar-refractivity contribution in [3.8, 4) is 17.2 Å². The molecule has 2 aliphatic rings. The molecule has 4 rings (SSSR count). The zero-order chi connectivity index (χ0) is 23.7. The standard InChI is InChI=1S/C23H24O10/c24-10-18-20(28)21(29)22(30)23(33-18)32-17-8-13(26)5-6-14(17)15-9-19(27)31-16(15)7-11-1-3-12(25)4-2-11/h1-6,8-9,16,18,20-26,28-30H,7,10H2/t16-,18-,20-,21+,22-,23-/m1/s1. The first-order valence-corrected chi connectivity index (χ1v) is 10.3. The summed E-state index contributed by atoms with van der Waals surface area (Å²) in [5.74, 6) is -0.605. The highest BCUT2D eigenvalue weighted by Gasteiger charge is 2.45. The van der Waals surface area contributed by atoms with Gasteiger partial charge in [-0.25, -0.2) is 4.79 Å². The maximum atomic E-state index is 12.1. The van der Waals surface area contributed by atoms with E-state index in [2.05, 4.69) is 0 Å². The fraction of sp³-hybridized carbons (Fsp3) is 0.348. The molecule has 0 saturated carbocycles. The normalized spacial score (nSPS) is 29.5. The third-order valence-corrected chi connectivity index (χ3v) is 5.60. The SMILES string of the molecule is O=C1C=C(c2ccc(O)cc2O[C@@H]2O[C@H](CO)[C@@H](O)[C@H](O)[C@H]2O)[C@@H](Cc2ccc(O)cc2)O1. The van der Waals surface area contributed by atoms with Crippen LogP contribution >= 0.6 is 0 Å². The maximum absolute atomic E-state index is 12.1. The number of aliphatic hydroxyl groups excluding tert-OH is 4. The number of cyclic esters (lactones) is 1. The van der Waals surface area contributed by atoms with E-state index in [-0.39, 0.29) is 17.2 Å². The smallest absolute Gasteiger partial charge is 0.331 e. The number of carbonyl (C=O) groups is 1. The molecule has 2 heterocycles. The third-order valence-electron chi connectivity index (χ3n) is 5.60. The molecule has 0 bridgehead atoms. The zero-order valence-electron chi connectivity index (χ0n) is 17.3. The molecule has 10 nitrogen and oxygen atoms in total. The highest BCUT2D eigenvalue weighted by Crippen LogP contribution is 2.38. The number of ether oxygens (including phenoxy) is 3. The second-order valence-corrected chi connectivity index (χ2v) is 7.89. The minimum atomic E-state index is -1.65. The quantitative estimate of drug-likeness (QED) is 0.319. The van der Waals surface area contributed by atoms with E-state index in [1.807, 2.05) is 0 Å². The van der Waals surface area contributed by atoms with Crippen LogP contribution in [0.1, 0.15) is 11.1 Å². The number of aliphatic hydroxyl groups is 4. The predicted molar refractivity (Wildman–Crippen MR) is 112 cm³/mol. The van der Waals surface area contributed by atoms with Gasteiger partial charge in [-0.3, -0.25) is 0 Å². The molecular formula is C23H24O10. The Morgan fingerprint density at radius 2 is 1.61 bits per heavy atom. The number of benzene rings is 2. The highest BCUT2D eigenvalue weighted by atomic mass is 16.7. The van der Waals surface area contributed by atoms with Crippen LogP contribution in [0.25, 0.3) is 5.57 Å². The summed E-state index contributed by atoms with van der Waals surface area (Å²) in [6, 6.07) is 10.6. The lowest BCUT2D eigenvalue weighted by Crippen LogP contribution is -2.60. The molecule has 0 unspecified atom stereocenters. The van der Waals surface area contributed by atoms with Crippen LogP contribution < -0.4 is 4.74 Å². The first-order chi connectivity index (χ1) is 15.8. The monoisotopic (exact) mass is 460 g/mol. The molecule has 0 spiro atoms. The first kappa shape index (κ1) is 23.0. The van der Waals surface area contributed by atoms with Crippen molar-refractivity contribution in [2.75, 3.05) is 6.61 Å². The molecule has 33 heavy (non-hydrogen) atoms. The molecule has 1 saturated heterocycles. The summed E-state index contributed by atoms with van der Waals surface area (Å²) in [6.07, 6.45) is -6.59. The Morgan fingerprint density at radius 1 is 0.909 bits per heavy atom. The van der Waals surface area contributed by atoms with Gasteiger partial charge in [-0.05, 0) is 29.8 Å². The van der Waals surface area contributed by atoms with Crippen LogP contribution in [-0.2, 0) is 20.7 Å². The van der Waals surface area contributed by atoms with Crippen LogP contribution in [0.5, 0.6) is 17.2 Å². The lowest BCUT2D eigenvalue weighted by atomic mass is 9.95. The molecule has 0 amide bonds. The van der Waals surface area contributed by atoms with Crippen molar-refractivity contribution in [2.24, 2.45) is 0 Å². The van der Waals surface area contributed by atoms with Gasteiger partial charge >= 0.3 is 5.97 Å². The van der Waals surface area contributed by atoms with Gasteiger partial charge in [-0.15, -0.1) is 0 Å². The summed E-state index contributed by atoms with van der Waals surface area (Å²) in [7, 11) is 0. The Kier molecular flexibility index (Phi) is 6.54. The summed E-state index contributed by atoms with van der Waals surface area (Å²) < 4.78 is 16.6. The summed E-state index contributed by atoms with van der Waals surface area (Å²) >= 11 is 0. The average molecular weight is 460 g/mol. The van der Waals surface area contributed by atoms with E-state index in [0.29, 0.717) is 17.6 Å². The molecule has 176 valence electrons. The van der Waals surface area contributed by atoms with Gasteiger partial charge in [0.1, 0.15) is 47.8 Å². The van der Waals surface area contributed by atoms with E-state index in [1.165, 1.54) is 36.4 Å². The number of carbonyl (C=O) groups excluding carboxylic acids is 1. The molecule has 0 radical (unpaired) electrons. The van der Waals surface area contributed by atoms with Crippen LogP contribution in [-0.4, -0.2) is 80.0 Å². The van der Waals surface area contributed by atoms with Crippen molar-refractivity contribution in [3.63, 3.8) is 0 Å². The molecule has 2 aliphatic heterocycles. The van der Waals surface area contributed by atoms with Crippen molar-refractivity contribution in [3.05, 3.63) is 59.7 Å². The molecule has 10 heteroatoms. The molecular weight excluding hydrogens is 436 g/mol. The van der Waals surface area contributed by atoms with E-state index in [4.69, 9.17) is 14.2 Å². The summed E-state index contributed by atoms with van der Waals surface area (Å²) in [5.41, 5.74) is 1.63. The van der Waals surface area contributed by atoms with Gasteiger partial charge < -0.3 is 44.8 Å². The third kappa shape index (κ3) is 4.80. The van der Waals surface area contributed by atoms with E-state index in [9.17, 15) is 35.4 Å². The first-order valence-electron chi connectivity index (χ1n) is 10.3. The van der Waals surface area contributed by atoms with Crippen LogP contribution in [0, 0.1) is 0 Å². The van der Waals surface area contributed by atoms with Crippen molar-refractivity contribution in [1.29, 1.82) is 0 Å². The fourth-order valence-electron chi connectivity index (χ4n) is 3.84. The Labute approximate surface area is 188 Å². The van der Waals surface area contributed by atoms with Crippen molar-refractivity contribution in [2.45, 2.75) is 43.2 Å². The van der Waals surface area contributed by atoms with E-state index in [1.54, 1.807) is 12.1 Å². The van der Waals surface area contributed by atoms with Gasteiger partial charge in [0.25, 0.3) is 0 Å². The largest absolute Gasteiger partial charge is 0.508 e. The molecule has 1 fully saturated rings. The van der Waals surface area contributed by atoms with Crippen molar-refractivity contribution < 1.29 is 49.6 Å². The summed E-state index contributed by atoms with van der Waals surface area (Å²) in [5, 5.41) is 59.2. The highest BCUT2D eigenvalue weighted by molar-refractivity contribution is 5.98. The number of phenols is 2. The molecule has 0 aliphatic carbocycles. The number of hydrogen-bond donors (Lipinski definition) is 6. The van der Waals surface area contributed by atoms with Crippen molar-refractivity contribution in [1.82, 2.24) is 0 Å². The van der Waals surface area contributed by atoms with Crippen LogP contribution in [0.15, 0.2) is 48.5 Å². The Balaban J connectivity index is 1.62. The lowest BCUT2D eigenvalue weighted by Gasteiger charge is -2.39. The lowest BCUT2D eigenvalue weighted by molar-refractivity contribution is -0.277. The summed E-state index contributed by atoms with van der Waals surface area (Å²) in [6.45, 7) is -0.625. The average Bonchev–Trinajstić information content (AvgIpc) is 3.15. The van der Waals surface area contributed by atoms with Gasteiger partial charge in [0.15, 0.2) is 0 Å². The second-order valence-electron chi connectivity index (χ2n) is 7.89. The van der Waals surface area contributed by atoms with E-state index < -0.39 is 49.4 Å². The second kappa shape index (κ2) is 9.38. The molecule has 2 aromatic rings. The fourth-order valence-corrected chi connectivity index (χ4v) is 3.84. The Bertz CT molecular complexity index is 1030. The van der Waals surface area contributed by atoms with E-state index >= 15 is 0 Å². The Hall–Kier alpha value is -3.15. The molecule has 2 aromatic carbocycles. The zero-order valence-corrected chi connectivity index (χ0v) is 17.3. The molecule has 6 N–H and O–H groups in total. The molecule has 0 aromatic heterocycles. The van der Waals surface area contributed by atoms with Gasteiger partial charge in [0.05, 0.1) is 6.61 Å². The number of hydrogen-bond acceptors (Lipinski definition) is 10. The number of rotatable bonds is 6. The van der Waals surface area contributed by atoms with Crippen LogP contribution in [0.4, 0.5) is 0 Å². The minimum absolute atomic E-state index is 0.0274. The van der Waals surface area contributed by atoms with Gasteiger partial charge in [0, 0.05) is 29.7 Å². The van der Waals surface area contributed by atoms with Crippen LogP contribution in [0.2, 0.25) is 0 Å². The van der Waals surface area contributed by atoms with Gasteiger partial charge in [0.2, 0.25) is 6.29 Å². The number of phenolic OH excluding ortho intramolecular Hbond substituents is 2.